The predicted octanol–water partition coefficient (Wildman–Crippen LogP) is 8.23. The molecule has 2 heterocycles. The third-order valence-electron chi connectivity index (χ3n) is 6.85. The first-order valence-electron chi connectivity index (χ1n) is 13.1. The summed E-state index contributed by atoms with van der Waals surface area (Å²) >= 11 is 9.92. The molecule has 39 heavy (non-hydrogen) atoms. The molecule has 6 nitrogen and oxygen atoms in total. The van der Waals surface area contributed by atoms with Gasteiger partial charge in [-0.1, -0.05) is 59.4 Å². The van der Waals surface area contributed by atoms with E-state index in [2.05, 4.69) is 22.9 Å². The monoisotopic (exact) mass is 609 g/mol. The van der Waals surface area contributed by atoms with Gasteiger partial charge in [-0.25, -0.2) is 0 Å². The van der Waals surface area contributed by atoms with Crippen LogP contribution in [0.4, 0.5) is 5.69 Å². The van der Waals surface area contributed by atoms with Crippen LogP contribution in [-0.4, -0.2) is 19.1 Å². The highest BCUT2D eigenvalue weighted by atomic mass is 79.9. The minimum absolute atomic E-state index is 0.0226. The van der Waals surface area contributed by atoms with Gasteiger partial charge in [0.05, 0.1) is 30.2 Å². The van der Waals surface area contributed by atoms with E-state index in [1.807, 2.05) is 44.2 Å². The van der Waals surface area contributed by atoms with Crippen LogP contribution in [0, 0.1) is 6.92 Å². The van der Waals surface area contributed by atoms with E-state index in [4.69, 9.17) is 25.5 Å². The quantitative estimate of drug-likeness (QED) is 0.179. The number of carbonyl (C=O) groups is 1. The molecule has 1 amide bonds. The van der Waals surface area contributed by atoms with Crippen LogP contribution in [0.5, 0.6) is 11.5 Å². The fourth-order valence-corrected chi connectivity index (χ4v) is 5.41. The standard InChI is InChI=1S/C31H29BrClNO5/c1-4-6-7-14-38-25-12-9-19(15-26(25)37-5-2)28-27-29(35)22-16-20(32)10-13-24(22)39-30(27)31(36)34(28)21-11-8-18(3)23(33)17-21/h8-13,15-17,28H,4-7,14H2,1-3H3. The Morgan fingerprint density at radius 1 is 0.974 bits per heavy atom. The van der Waals surface area contributed by atoms with Crippen LogP contribution in [-0.2, 0) is 0 Å². The number of anilines is 1. The summed E-state index contributed by atoms with van der Waals surface area (Å²) < 4.78 is 18.8. The zero-order valence-corrected chi connectivity index (χ0v) is 24.4. The predicted molar refractivity (Wildman–Crippen MR) is 158 cm³/mol. The fraction of sp³-hybridized carbons (Fsp3) is 0.290. The first kappa shape index (κ1) is 27.3. The molecule has 202 valence electrons. The summed E-state index contributed by atoms with van der Waals surface area (Å²) in [6.45, 7) is 6.96. The van der Waals surface area contributed by atoms with Gasteiger partial charge in [0.2, 0.25) is 5.76 Å². The van der Waals surface area contributed by atoms with Gasteiger partial charge in [-0.3, -0.25) is 14.5 Å². The van der Waals surface area contributed by atoms with Gasteiger partial charge in [0, 0.05) is 15.2 Å². The van der Waals surface area contributed by atoms with Crippen molar-refractivity contribution >= 4 is 50.1 Å². The number of benzene rings is 3. The lowest BCUT2D eigenvalue weighted by Crippen LogP contribution is -2.29. The van der Waals surface area contributed by atoms with Crippen molar-refractivity contribution in [3.63, 3.8) is 0 Å². The van der Waals surface area contributed by atoms with Crippen LogP contribution >= 0.6 is 27.5 Å². The number of hydrogen-bond donors (Lipinski definition) is 0. The number of rotatable bonds is 9. The van der Waals surface area contributed by atoms with Gasteiger partial charge in [-0.15, -0.1) is 0 Å². The maximum absolute atomic E-state index is 13.9. The molecule has 0 bridgehead atoms. The van der Waals surface area contributed by atoms with Crippen molar-refractivity contribution in [1.29, 1.82) is 0 Å². The second-order valence-electron chi connectivity index (χ2n) is 9.52. The van der Waals surface area contributed by atoms with Gasteiger partial charge >= 0.3 is 0 Å². The van der Waals surface area contributed by atoms with Crippen molar-refractivity contribution in [3.8, 4) is 11.5 Å². The molecule has 4 aromatic rings. The summed E-state index contributed by atoms with van der Waals surface area (Å²) in [5.41, 5.74) is 2.52. The molecule has 0 fully saturated rings. The number of nitrogens with zero attached hydrogens (tertiary/aromatic N) is 1. The van der Waals surface area contributed by atoms with Gasteiger partial charge in [-0.2, -0.15) is 0 Å². The van der Waals surface area contributed by atoms with Gasteiger partial charge in [0.15, 0.2) is 16.9 Å². The van der Waals surface area contributed by atoms with Crippen LogP contribution in [0.15, 0.2) is 68.3 Å². The van der Waals surface area contributed by atoms with Gasteiger partial charge in [-0.05, 0) is 73.9 Å². The Hall–Kier alpha value is -3.29. The number of unbranched alkanes of at least 4 members (excludes halogenated alkanes) is 2. The Balaban J connectivity index is 1.69. The average Bonchev–Trinajstić information content (AvgIpc) is 3.22. The average molecular weight is 611 g/mol. The Bertz CT molecular complexity index is 1620. The lowest BCUT2D eigenvalue weighted by Gasteiger charge is -2.26. The van der Waals surface area contributed by atoms with E-state index in [1.165, 1.54) is 0 Å². The van der Waals surface area contributed by atoms with E-state index in [0.717, 1.165) is 29.3 Å². The number of aryl methyl sites for hydroxylation is 1. The molecule has 0 aliphatic carbocycles. The number of amides is 1. The number of halogens is 2. The molecule has 0 N–H and O–H groups in total. The molecule has 1 aromatic heterocycles. The zero-order chi connectivity index (χ0) is 27.7. The molecule has 0 radical (unpaired) electrons. The molecule has 1 atom stereocenters. The summed E-state index contributed by atoms with van der Waals surface area (Å²) in [7, 11) is 0. The van der Waals surface area contributed by atoms with E-state index in [-0.39, 0.29) is 16.8 Å². The maximum Gasteiger partial charge on any atom is 0.295 e. The number of carbonyl (C=O) groups excluding carboxylic acids is 1. The van der Waals surface area contributed by atoms with E-state index in [0.29, 0.717) is 52.0 Å². The zero-order valence-electron chi connectivity index (χ0n) is 22.1. The Morgan fingerprint density at radius 3 is 2.54 bits per heavy atom. The number of hydrogen-bond acceptors (Lipinski definition) is 5. The van der Waals surface area contributed by atoms with Gasteiger partial charge < -0.3 is 13.9 Å². The van der Waals surface area contributed by atoms with Crippen molar-refractivity contribution in [2.24, 2.45) is 0 Å². The molecule has 3 aromatic carbocycles. The largest absolute Gasteiger partial charge is 0.490 e. The molecule has 8 heteroatoms. The summed E-state index contributed by atoms with van der Waals surface area (Å²) in [6, 6.07) is 15.4. The second-order valence-corrected chi connectivity index (χ2v) is 10.8. The summed E-state index contributed by atoms with van der Waals surface area (Å²) in [4.78, 5) is 29.4. The molecular formula is C31H29BrClNO5. The smallest absolute Gasteiger partial charge is 0.295 e. The summed E-state index contributed by atoms with van der Waals surface area (Å²) in [5.74, 6) is 0.798. The van der Waals surface area contributed by atoms with Crippen LogP contribution in [0.2, 0.25) is 5.02 Å². The second kappa shape index (κ2) is 11.4. The molecular weight excluding hydrogens is 582 g/mol. The minimum Gasteiger partial charge on any atom is -0.490 e. The summed E-state index contributed by atoms with van der Waals surface area (Å²) in [6.07, 6.45) is 3.12. The van der Waals surface area contributed by atoms with Gasteiger partial charge in [0.1, 0.15) is 5.58 Å². The Kier molecular flexibility index (Phi) is 8.01. The molecule has 1 aliphatic heterocycles. The molecule has 0 saturated carbocycles. The van der Waals surface area contributed by atoms with Crippen LogP contribution < -0.4 is 19.8 Å². The highest BCUT2D eigenvalue weighted by Crippen LogP contribution is 2.44. The van der Waals surface area contributed by atoms with E-state index in [1.54, 1.807) is 29.2 Å². The molecule has 0 saturated heterocycles. The highest BCUT2D eigenvalue weighted by Gasteiger charge is 2.44. The van der Waals surface area contributed by atoms with E-state index >= 15 is 0 Å². The van der Waals surface area contributed by atoms with Crippen LogP contribution in [0.25, 0.3) is 11.0 Å². The van der Waals surface area contributed by atoms with Gasteiger partial charge in [0.25, 0.3) is 5.91 Å². The van der Waals surface area contributed by atoms with Crippen molar-refractivity contribution in [2.45, 2.75) is 46.1 Å². The normalized spacial score (nSPS) is 14.6. The molecule has 1 unspecified atom stereocenters. The summed E-state index contributed by atoms with van der Waals surface area (Å²) in [5, 5.41) is 0.917. The topological polar surface area (TPSA) is 69.0 Å². The lowest BCUT2D eigenvalue weighted by atomic mass is 9.97. The van der Waals surface area contributed by atoms with Crippen molar-refractivity contribution < 1.29 is 18.7 Å². The van der Waals surface area contributed by atoms with E-state index in [9.17, 15) is 9.59 Å². The molecule has 0 spiro atoms. The fourth-order valence-electron chi connectivity index (χ4n) is 4.87. The molecule has 5 rings (SSSR count). The van der Waals surface area contributed by atoms with Crippen molar-refractivity contribution in [2.75, 3.05) is 18.1 Å². The minimum atomic E-state index is -0.751. The Labute approximate surface area is 240 Å². The SMILES string of the molecule is CCCCCOc1ccc(C2c3c(oc4ccc(Br)cc4c3=O)C(=O)N2c2ccc(C)c(Cl)c2)cc1OCC. The highest BCUT2D eigenvalue weighted by molar-refractivity contribution is 9.10. The lowest BCUT2D eigenvalue weighted by molar-refractivity contribution is 0.0971. The first-order valence-corrected chi connectivity index (χ1v) is 14.3. The van der Waals surface area contributed by atoms with Crippen molar-refractivity contribution in [1.82, 2.24) is 0 Å². The first-order chi connectivity index (χ1) is 18.8. The third kappa shape index (κ3) is 5.18. The Morgan fingerprint density at radius 2 is 1.79 bits per heavy atom. The molecule has 1 aliphatic rings. The van der Waals surface area contributed by atoms with Crippen molar-refractivity contribution in [3.05, 3.63) is 96.8 Å². The third-order valence-corrected chi connectivity index (χ3v) is 7.76. The maximum atomic E-state index is 13.9. The van der Waals surface area contributed by atoms with Crippen LogP contribution in [0.1, 0.15) is 66.4 Å². The number of ether oxygens (including phenoxy) is 2. The van der Waals surface area contributed by atoms with E-state index < -0.39 is 11.9 Å². The van der Waals surface area contributed by atoms with Crippen LogP contribution in [0.3, 0.4) is 0 Å². The number of fused-ring (bicyclic) bond motifs is 2.